The quantitative estimate of drug-likeness (QED) is 0.189. The lowest BCUT2D eigenvalue weighted by atomic mass is 9.77. The fraction of sp³-hybridized carbons (Fsp3) is 0.630. The van der Waals surface area contributed by atoms with Crippen molar-refractivity contribution in [1.82, 2.24) is 0 Å². The van der Waals surface area contributed by atoms with Crippen molar-refractivity contribution in [2.24, 2.45) is 17.6 Å². The van der Waals surface area contributed by atoms with Crippen LogP contribution in [-0.2, 0) is 4.74 Å². The van der Waals surface area contributed by atoms with Crippen LogP contribution in [-0.4, -0.2) is 45.0 Å². The van der Waals surface area contributed by atoms with Crippen molar-refractivity contribution in [3.05, 3.63) is 59.1 Å². The summed E-state index contributed by atoms with van der Waals surface area (Å²) in [6, 6.07) is 0. The molecule has 0 aromatic heterocycles. The molecule has 0 radical (unpaired) electrons. The minimum Gasteiger partial charge on any atom is -0.508 e. The fourth-order valence-electron chi connectivity index (χ4n) is 5.06. The van der Waals surface area contributed by atoms with E-state index in [0.717, 1.165) is 25.7 Å². The Morgan fingerprint density at radius 1 is 1.18 bits per heavy atom. The van der Waals surface area contributed by atoms with Gasteiger partial charge in [-0.05, 0) is 88.2 Å². The van der Waals surface area contributed by atoms with Crippen LogP contribution in [0.3, 0.4) is 0 Å². The summed E-state index contributed by atoms with van der Waals surface area (Å²) < 4.78 is 5.75. The van der Waals surface area contributed by atoms with Gasteiger partial charge in [-0.3, -0.25) is 0 Å². The molecule has 1 fully saturated rings. The first-order chi connectivity index (χ1) is 15.7. The molecule has 3 rings (SSSR count). The summed E-state index contributed by atoms with van der Waals surface area (Å²) in [7, 11) is 0. The van der Waals surface area contributed by atoms with Gasteiger partial charge in [0.25, 0.3) is 0 Å². The van der Waals surface area contributed by atoms with Crippen LogP contribution in [0.25, 0.3) is 0 Å². The van der Waals surface area contributed by atoms with Gasteiger partial charge in [0, 0.05) is 17.5 Å². The van der Waals surface area contributed by atoms with Gasteiger partial charge in [-0.1, -0.05) is 30.6 Å². The summed E-state index contributed by atoms with van der Waals surface area (Å²) in [4.78, 5) is 0. The van der Waals surface area contributed by atoms with Crippen LogP contribution in [0.2, 0.25) is 0 Å². The smallest absolute Gasteiger partial charge is 0.182 e. The van der Waals surface area contributed by atoms with Crippen molar-refractivity contribution in [3.63, 3.8) is 0 Å². The van der Waals surface area contributed by atoms with E-state index in [4.69, 9.17) is 10.5 Å². The normalized spacial score (nSPS) is 27.2. The van der Waals surface area contributed by atoms with Crippen molar-refractivity contribution in [2.45, 2.75) is 89.1 Å². The highest BCUT2D eigenvalue weighted by molar-refractivity contribution is 5.34. The first-order valence-corrected chi connectivity index (χ1v) is 12.4. The second-order valence-corrected chi connectivity index (χ2v) is 9.84. The topological polar surface area (TPSA) is 116 Å². The maximum atomic E-state index is 11.2. The van der Waals surface area contributed by atoms with E-state index in [-0.39, 0.29) is 17.6 Å². The standard InChI is InChI=1S/C27H41NO5/c1-27(32,18-19-7-3-2-4-8-19)33-16-6-5-9-23(24-17-22(29)14-15-25(24)30)26(31)20-10-12-21(28)13-11-20/h10,12-13,15,17-18,20,22-23,26,29-32H,2-9,11,14,16,28H2,1H3/t20?,22?,23?,26-,27?/m1/s1. The van der Waals surface area contributed by atoms with E-state index in [9.17, 15) is 20.4 Å². The monoisotopic (exact) mass is 459 g/mol. The van der Waals surface area contributed by atoms with Crippen molar-refractivity contribution >= 4 is 0 Å². The maximum absolute atomic E-state index is 11.2. The number of unbranched alkanes of at least 4 members (excludes halogenated alkanes) is 1. The molecule has 0 spiro atoms. The van der Waals surface area contributed by atoms with E-state index in [1.807, 2.05) is 24.3 Å². The predicted octanol–water partition coefficient (Wildman–Crippen LogP) is 4.30. The summed E-state index contributed by atoms with van der Waals surface area (Å²) >= 11 is 0. The van der Waals surface area contributed by atoms with Gasteiger partial charge in [0.15, 0.2) is 5.79 Å². The predicted molar refractivity (Wildman–Crippen MR) is 130 cm³/mol. The zero-order chi connectivity index (χ0) is 23.8. The SMILES string of the molecule is CC(O)(C=C1CCCCC1)OCCCCC(C1=CC(O)CC=C1O)[C@H](O)C1C=CC(N)=CC1. The zero-order valence-corrected chi connectivity index (χ0v) is 19.8. The highest BCUT2D eigenvalue weighted by Gasteiger charge is 2.32. The molecule has 6 nitrogen and oxygen atoms in total. The summed E-state index contributed by atoms with van der Waals surface area (Å²) in [5, 5.41) is 42.3. The van der Waals surface area contributed by atoms with Crippen molar-refractivity contribution in [3.8, 4) is 0 Å². The van der Waals surface area contributed by atoms with Crippen LogP contribution in [0.1, 0.15) is 71.1 Å². The number of nitrogens with two attached hydrogens (primary N) is 1. The molecule has 3 aliphatic rings. The van der Waals surface area contributed by atoms with Crippen LogP contribution in [0.15, 0.2) is 59.1 Å². The molecule has 4 unspecified atom stereocenters. The molecular weight excluding hydrogens is 418 g/mol. The Labute approximate surface area is 197 Å². The van der Waals surface area contributed by atoms with Gasteiger partial charge in [0.1, 0.15) is 5.76 Å². The zero-order valence-electron chi connectivity index (χ0n) is 19.8. The molecule has 184 valence electrons. The third kappa shape index (κ3) is 7.85. The summed E-state index contributed by atoms with van der Waals surface area (Å²) in [6.45, 7) is 2.10. The Kier molecular flexibility index (Phi) is 9.38. The number of hydrogen-bond acceptors (Lipinski definition) is 6. The van der Waals surface area contributed by atoms with Crippen molar-refractivity contribution < 1.29 is 25.2 Å². The molecule has 0 saturated heterocycles. The Bertz CT molecular complexity index is 799. The number of aliphatic hydroxyl groups is 4. The van der Waals surface area contributed by atoms with Crippen LogP contribution >= 0.6 is 0 Å². The van der Waals surface area contributed by atoms with Crippen LogP contribution in [0, 0.1) is 11.8 Å². The lowest BCUT2D eigenvalue weighted by molar-refractivity contribution is -0.154. The minimum atomic E-state index is -1.26. The van der Waals surface area contributed by atoms with E-state index in [0.29, 0.717) is 37.1 Å². The molecular formula is C27H41NO5. The van der Waals surface area contributed by atoms with E-state index < -0.39 is 18.0 Å². The summed E-state index contributed by atoms with van der Waals surface area (Å²) in [6.07, 6.45) is 18.2. The van der Waals surface area contributed by atoms with E-state index in [1.165, 1.54) is 24.8 Å². The van der Waals surface area contributed by atoms with Crippen LogP contribution in [0.5, 0.6) is 0 Å². The molecule has 5 atom stereocenters. The molecule has 0 amide bonds. The molecule has 0 aromatic rings. The lowest BCUT2D eigenvalue weighted by Crippen LogP contribution is -2.32. The van der Waals surface area contributed by atoms with Gasteiger partial charge < -0.3 is 30.9 Å². The molecule has 0 aliphatic heterocycles. The Balaban J connectivity index is 1.56. The molecule has 6 heteroatoms. The highest BCUT2D eigenvalue weighted by Crippen LogP contribution is 2.35. The van der Waals surface area contributed by atoms with Gasteiger partial charge in [-0.2, -0.15) is 0 Å². The number of aliphatic hydroxyl groups excluding tert-OH is 3. The Morgan fingerprint density at radius 3 is 2.64 bits per heavy atom. The maximum Gasteiger partial charge on any atom is 0.182 e. The van der Waals surface area contributed by atoms with Gasteiger partial charge >= 0.3 is 0 Å². The lowest BCUT2D eigenvalue weighted by Gasteiger charge is -2.32. The van der Waals surface area contributed by atoms with Crippen molar-refractivity contribution in [2.75, 3.05) is 6.61 Å². The third-order valence-corrected chi connectivity index (χ3v) is 6.90. The number of allylic oxidation sites excluding steroid dienone is 4. The molecule has 33 heavy (non-hydrogen) atoms. The first kappa shape index (κ1) is 25.8. The average Bonchev–Trinajstić information content (AvgIpc) is 2.78. The number of ether oxygens (including phenoxy) is 1. The first-order valence-electron chi connectivity index (χ1n) is 12.4. The number of rotatable bonds is 10. The molecule has 1 saturated carbocycles. The molecule has 6 N–H and O–H groups in total. The van der Waals surface area contributed by atoms with Gasteiger partial charge in [0.2, 0.25) is 0 Å². The Hall–Kier alpha value is -1.86. The number of hydrogen-bond donors (Lipinski definition) is 5. The Morgan fingerprint density at radius 2 is 1.94 bits per heavy atom. The van der Waals surface area contributed by atoms with E-state index in [1.54, 1.807) is 19.1 Å². The third-order valence-electron chi connectivity index (χ3n) is 6.90. The second-order valence-electron chi connectivity index (χ2n) is 9.84. The van der Waals surface area contributed by atoms with Crippen LogP contribution in [0.4, 0.5) is 0 Å². The van der Waals surface area contributed by atoms with Crippen LogP contribution < -0.4 is 5.73 Å². The fourth-order valence-corrected chi connectivity index (χ4v) is 5.06. The van der Waals surface area contributed by atoms with E-state index in [2.05, 4.69) is 0 Å². The van der Waals surface area contributed by atoms with E-state index >= 15 is 0 Å². The molecule has 0 aromatic carbocycles. The van der Waals surface area contributed by atoms with Crippen molar-refractivity contribution in [1.29, 1.82) is 0 Å². The molecule has 0 bridgehead atoms. The second kappa shape index (κ2) is 12.0. The summed E-state index contributed by atoms with van der Waals surface area (Å²) in [5.74, 6) is -1.54. The minimum absolute atomic E-state index is 0.103. The largest absolute Gasteiger partial charge is 0.508 e. The average molecular weight is 460 g/mol. The molecule has 3 aliphatic carbocycles. The highest BCUT2D eigenvalue weighted by atomic mass is 16.6. The van der Waals surface area contributed by atoms with Gasteiger partial charge in [0.05, 0.1) is 18.8 Å². The van der Waals surface area contributed by atoms with Gasteiger partial charge in [-0.25, -0.2) is 0 Å². The summed E-state index contributed by atoms with van der Waals surface area (Å²) in [5.41, 5.74) is 8.39. The molecule has 0 heterocycles. The van der Waals surface area contributed by atoms with Gasteiger partial charge in [-0.15, -0.1) is 0 Å².